The van der Waals surface area contributed by atoms with E-state index in [1.807, 2.05) is 30.3 Å². The van der Waals surface area contributed by atoms with Gasteiger partial charge < -0.3 is 5.11 Å². The van der Waals surface area contributed by atoms with E-state index < -0.39 is 16.0 Å². The number of aliphatic carboxylic acids is 1. The standard InChI is InChI=1S/C24H25NO4S/c26-24(27)7-3-4-17-8-9-21-13-18(14-22(21)12-17)16-25-30(28,29)23-11-10-19-5-1-2-6-20(19)15-23/h1-2,5-6,8-12,15,18,25H,3-4,7,13-14,16H2,(H,26,27). The van der Waals surface area contributed by atoms with Crippen LogP contribution in [0.15, 0.2) is 65.6 Å². The molecule has 30 heavy (non-hydrogen) atoms. The maximum absolute atomic E-state index is 12.8. The van der Waals surface area contributed by atoms with Crippen LogP contribution >= 0.6 is 0 Å². The zero-order valence-electron chi connectivity index (χ0n) is 16.7. The molecular formula is C24H25NO4S. The van der Waals surface area contributed by atoms with Gasteiger partial charge in [0.15, 0.2) is 0 Å². The molecule has 0 spiro atoms. The van der Waals surface area contributed by atoms with Gasteiger partial charge in [-0.05, 0) is 71.2 Å². The Morgan fingerprint density at radius 3 is 2.53 bits per heavy atom. The van der Waals surface area contributed by atoms with E-state index in [1.165, 1.54) is 11.1 Å². The van der Waals surface area contributed by atoms with Crippen molar-refractivity contribution in [3.05, 3.63) is 77.4 Å². The van der Waals surface area contributed by atoms with Gasteiger partial charge in [-0.3, -0.25) is 4.79 Å². The Hall–Kier alpha value is -2.70. The van der Waals surface area contributed by atoms with Gasteiger partial charge in [0.2, 0.25) is 10.0 Å². The Kier molecular flexibility index (Phi) is 5.88. The van der Waals surface area contributed by atoms with Crippen LogP contribution in [0.25, 0.3) is 10.8 Å². The summed E-state index contributed by atoms with van der Waals surface area (Å²) in [6, 6.07) is 19.2. The van der Waals surface area contributed by atoms with Crippen LogP contribution in [0.2, 0.25) is 0 Å². The molecule has 3 aromatic rings. The number of fused-ring (bicyclic) bond motifs is 2. The molecule has 0 heterocycles. The van der Waals surface area contributed by atoms with E-state index in [0.717, 1.165) is 35.6 Å². The molecule has 0 saturated heterocycles. The van der Waals surface area contributed by atoms with Crippen LogP contribution in [0.4, 0.5) is 0 Å². The van der Waals surface area contributed by atoms with Crippen molar-refractivity contribution in [3.8, 4) is 0 Å². The van der Waals surface area contributed by atoms with Crippen molar-refractivity contribution in [1.82, 2.24) is 4.72 Å². The zero-order chi connectivity index (χ0) is 21.1. The first-order valence-electron chi connectivity index (χ1n) is 10.2. The molecule has 0 bridgehead atoms. The number of sulfonamides is 1. The molecule has 0 aliphatic heterocycles. The fourth-order valence-electron chi connectivity index (χ4n) is 4.15. The largest absolute Gasteiger partial charge is 0.481 e. The summed E-state index contributed by atoms with van der Waals surface area (Å²) in [6.45, 7) is 0.401. The van der Waals surface area contributed by atoms with Crippen LogP contribution in [-0.2, 0) is 34.1 Å². The van der Waals surface area contributed by atoms with E-state index in [4.69, 9.17) is 5.11 Å². The van der Waals surface area contributed by atoms with Crippen LogP contribution in [-0.4, -0.2) is 26.0 Å². The van der Waals surface area contributed by atoms with Crippen molar-refractivity contribution in [2.75, 3.05) is 6.54 Å². The Morgan fingerprint density at radius 1 is 0.967 bits per heavy atom. The van der Waals surface area contributed by atoms with E-state index in [2.05, 4.69) is 22.9 Å². The van der Waals surface area contributed by atoms with Crippen LogP contribution < -0.4 is 4.72 Å². The summed E-state index contributed by atoms with van der Waals surface area (Å²) in [5.74, 6) is -0.542. The molecule has 1 aliphatic carbocycles. The highest BCUT2D eigenvalue weighted by atomic mass is 32.2. The minimum atomic E-state index is -3.56. The summed E-state index contributed by atoms with van der Waals surface area (Å²) in [7, 11) is -3.56. The molecule has 3 aromatic carbocycles. The average molecular weight is 424 g/mol. The van der Waals surface area contributed by atoms with Crippen LogP contribution in [0.5, 0.6) is 0 Å². The highest BCUT2D eigenvalue weighted by Gasteiger charge is 2.24. The van der Waals surface area contributed by atoms with Gasteiger partial charge in [-0.25, -0.2) is 13.1 Å². The molecule has 0 amide bonds. The first-order chi connectivity index (χ1) is 14.4. The van der Waals surface area contributed by atoms with Gasteiger partial charge >= 0.3 is 5.97 Å². The summed E-state index contributed by atoms with van der Waals surface area (Å²) >= 11 is 0. The lowest BCUT2D eigenvalue weighted by Gasteiger charge is -2.12. The number of aryl methyl sites for hydroxylation is 1. The fourth-order valence-corrected chi connectivity index (χ4v) is 5.30. The maximum atomic E-state index is 12.8. The van der Waals surface area contributed by atoms with Crippen LogP contribution in [0.3, 0.4) is 0 Å². The van der Waals surface area contributed by atoms with Gasteiger partial charge in [-0.1, -0.05) is 48.5 Å². The highest BCUT2D eigenvalue weighted by molar-refractivity contribution is 7.89. The monoisotopic (exact) mass is 423 g/mol. The number of hydrogen-bond donors (Lipinski definition) is 2. The second-order valence-corrected chi connectivity index (χ2v) is 9.75. The van der Waals surface area contributed by atoms with Crippen molar-refractivity contribution < 1.29 is 18.3 Å². The van der Waals surface area contributed by atoms with Crippen molar-refractivity contribution in [3.63, 3.8) is 0 Å². The molecule has 2 N–H and O–H groups in total. The third kappa shape index (κ3) is 4.71. The van der Waals surface area contributed by atoms with Gasteiger partial charge in [0, 0.05) is 13.0 Å². The molecule has 5 nitrogen and oxygen atoms in total. The Bertz CT molecular complexity index is 1190. The van der Waals surface area contributed by atoms with E-state index >= 15 is 0 Å². The summed E-state index contributed by atoms with van der Waals surface area (Å²) in [5, 5.41) is 10.7. The van der Waals surface area contributed by atoms with E-state index in [0.29, 0.717) is 13.0 Å². The molecule has 4 rings (SSSR count). The molecule has 0 fully saturated rings. The van der Waals surface area contributed by atoms with E-state index in [1.54, 1.807) is 12.1 Å². The summed E-state index contributed by atoms with van der Waals surface area (Å²) in [6.07, 6.45) is 3.24. The minimum Gasteiger partial charge on any atom is -0.481 e. The van der Waals surface area contributed by atoms with Gasteiger partial charge in [-0.2, -0.15) is 0 Å². The lowest BCUT2D eigenvalue weighted by atomic mass is 10.0. The first-order valence-corrected chi connectivity index (χ1v) is 11.7. The predicted molar refractivity (Wildman–Crippen MR) is 117 cm³/mol. The minimum absolute atomic E-state index is 0.177. The highest BCUT2D eigenvalue weighted by Crippen LogP contribution is 2.28. The summed E-state index contributed by atoms with van der Waals surface area (Å²) < 4.78 is 28.3. The van der Waals surface area contributed by atoms with Gasteiger partial charge in [0.05, 0.1) is 4.90 Å². The van der Waals surface area contributed by atoms with Crippen molar-refractivity contribution in [1.29, 1.82) is 0 Å². The molecule has 1 aliphatic rings. The molecule has 156 valence electrons. The molecule has 1 atom stereocenters. The zero-order valence-corrected chi connectivity index (χ0v) is 17.5. The van der Waals surface area contributed by atoms with Crippen molar-refractivity contribution >= 4 is 26.8 Å². The molecule has 0 saturated carbocycles. The number of benzene rings is 3. The summed E-state index contributed by atoms with van der Waals surface area (Å²) in [4.78, 5) is 11.0. The Balaban J connectivity index is 1.37. The second-order valence-electron chi connectivity index (χ2n) is 7.99. The third-order valence-corrected chi connectivity index (χ3v) is 7.16. The van der Waals surface area contributed by atoms with Gasteiger partial charge in [0.1, 0.15) is 0 Å². The molecule has 6 heteroatoms. The number of rotatable bonds is 8. The number of nitrogens with one attached hydrogen (secondary N) is 1. The number of carboxylic acid groups (broad SMARTS) is 1. The van der Waals surface area contributed by atoms with Gasteiger partial charge in [-0.15, -0.1) is 0 Å². The summed E-state index contributed by atoms with van der Waals surface area (Å²) in [5.41, 5.74) is 3.65. The predicted octanol–water partition coefficient (Wildman–Crippen LogP) is 3.94. The fraction of sp³-hybridized carbons (Fsp3) is 0.292. The van der Waals surface area contributed by atoms with E-state index in [-0.39, 0.29) is 17.2 Å². The third-order valence-electron chi connectivity index (χ3n) is 5.74. The topological polar surface area (TPSA) is 83.5 Å². The Morgan fingerprint density at radius 2 is 1.73 bits per heavy atom. The number of carboxylic acids is 1. The molecular weight excluding hydrogens is 398 g/mol. The van der Waals surface area contributed by atoms with Crippen LogP contribution in [0.1, 0.15) is 29.5 Å². The lowest BCUT2D eigenvalue weighted by molar-refractivity contribution is -0.137. The molecule has 0 aromatic heterocycles. The number of hydrogen-bond acceptors (Lipinski definition) is 3. The maximum Gasteiger partial charge on any atom is 0.303 e. The SMILES string of the molecule is O=C(O)CCCc1ccc2c(c1)CC(CNS(=O)(=O)c1ccc3ccccc3c1)C2. The van der Waals surface area contributed by atoms with Crippen molar-refractivity contribution in [2.24, 2.45) is 5.92 Å². The Labute approximate surface area is 176 Å². The first kappa shape index (κ1) is 20.6. The smallest absolute Gasteiger partial charge is 0.303 e. The van der Waals surface area contributed by atoms with Crippen molar-refractivity contribution in [2.45, 2.75) is 37.0 Å². The lowest BCUT2D eigenvalue weighted by Crippen LogP contribution is -2.29. The molecule has 1 unspecified atom stereocenters. The average Bonchev–Trinajstić information content (AvgIpc) is 3.14. The second kappa shape index (κ2) is 8.58. The van der Waals surface area contributed by atoms with Crippen LogP contribution in [0, 0.1) is 5.92 Å². The van der Waals surface area contributed by atoms with E-state index in [9.17, 15) is 13.2 Å². The normalized spacial score (nSPS) is 15.9. The molecule has 0 radical (unpaired) electrons. The quantitative estimate of drug-likeness (QED) is 0.575. The van der Waals surface area contributed by atoms with Gasteiger partial charge in [0.25, 0.3) is 0 Å². The number of carbonyl (C=O) groups is 1.